The van der Waals surface area contributed by atoms with E-state index in [1.807, 2.05) is 0 Å². The summed E-state index contributed by atoms with van der Waals surface area (Å²) in [4.78, 5) is 0. The Hall–Kier alpha value is -0.860. The van der Waals surface area contributed by atoms with Crippen molar-refractivity contribution in [2.45, 2.75) is 58.1 Å². The number of methoxy groups -OCH3 is 1. The lowest BCUT2D eigenvalue weighted by molar-refractivity contribution is 0.0831. The summed E-state index contributed by atoms with van der Waals surface area (Å²) in [5.41, 5.74) is 4.57. The molecule has 0 saturated carbocycles. The first-order valence-electron chi connectivity index (χ1n) is 7.61. The molecule has 106 valence electrons. The van der Waals surface area contributed by atoms with Crippen LogP contribution in [-0.2, 0) is 24.0 Å². The van der Waals surface area contributed by atoms with Gasteiger partial charge in [-0.1, -0.05) is 25.1 Å². The van der Waals surface area contributed by atoms with Crippen LogP contribution in [-0.4, -0.2) is 25.8 Å². The summed E-state index contributed by atoms with van der Waals surface area (Å²) in [6, 6.07) is 7.44. The molecule has 1 N–H and O–H groups in total. The maximum Gasteiger partial charge on any atom is 0.0699 e. The SMILES string of the molecule is CCCNC(Cc1ccc2c(c1)CCC2)C(C)OC. The molecule has 0 spiro atoms. The van der Waals surface area contributed by atoms with Crippen molar-refractivity contribution in [3.63, 3.8) is 0 Å². The fraction of sp³-hybridized carbons (Fsp3) is 0.647. The van der Waals surface area contributed by atoms with Crippen molar-refractivity contribution in [1.82, 2.24) is 5.32 Å². The van der Waals surface area contributed by atoms with E-state index >= 15 is 0 Å². The highest BCUT2D eigenvalue weighted by molar-refractivity contribution is 5.35. The Labute approximate surface area is 117 Å². The minimum atomic E-state index is 0.250. The van der Waals surface area contributed by atoms with Crippen molar-refractivity contribution in [2.75, 3.05) is 13.7 Å². The van der Waals surface area contributed by atoms with E-state index in [4.69, 9.17) is 4.74 Å². The van der Waals surface area contributed by atoms with Crippen LogP contribution in [0.4, 0.5) is 0 Å². The van der Waals surface area contributed by atoms with E-state index in [2.05, 4.69) is 37.4 Å². The van der Waals surface area contributed by atoms with Crippen molar-refractivity contribution in [3.8, 4) is 0 Å². The van der Waals surface area contributed by atoms with Crippen molar-refractivity contribution in [2.24, 2.45) is 0 Å². The van der Waals surface area contributed by atoms with Crippen molar-refractivity contribution in [1.29, 1.82) is 0 Å². The zero-order chi connectivity index (χ0) is 13.7. The van der Waals surface area contributed by atoms with Gasteiger partial charge in [0, 0.05) is 13.2 Å². The van der Waals surface area contributed by atoms with Gasteiger partial charge in [0.1, 0.15) is 0 Å². The number of benzene rings is 1. The second-order valence-corrected chi connectivity index (χ2v) is 5.66. The lowest BCUT2D eigenvalue weighted by Gasteiger charge is -2.24. The van der Waals surface area contributed by atoms with Gasteiger partial charge >= 0.3 is 0 Å². The first kappa shape index (κ1) is 14.5. The molecule has 0 fully saturated rings. The van der Waals surface area contributed by atoms with E-state index in [1.54, 1.807) is 18.2 Å². The number of hydrogen-bond acceptors (Lipinski definition) is 2. The molecule has 0 bridgehead atoms. The molecule has 2 unspecified atom stereocenters. The molecule has 0 saturated heterocycles. The molecule has 2 heteroatoms. The first-order valence-corrected chi connectivity index (χ1v) is 7.61. The Balaban J connectivity index is 2.03. The Bertz CT molecular complexity index is 402. The van der Waals surface area contributed by atoms with Crippen molar-refractivity contribution < 1.29 is 4.74 Å². The maximum atomic E-state index is 5.51. The summed E-state index contributed by atoms with van der Waals surface area (Å²) in [6.07, 6.45) is 6.32. The Kier molecular flexibility index (Phi) is 5.41. The van der Waals surface area contributed by atoms with E-state index in [0.29, 0.717) is 6.04 Å². The first-order chi connectivity index (χ1) is 9.24. The average Bonchev–Trinajstić information content (AvgIpc) is 2.90. The molecule has 0 aromatic heterocycles. The minimum Gasteiger partial charge on any atom is -0.380 e. The largest absolute Gasteiger partial charge is 0.380 e. The lowest BCUT2D eigenvalue weighted by atomic mass is 9.98. The summed E-state index contributed by atoms with van der Waals surface area (Å²) < 4.78 is 5.51. The summed E-state index contributed by atoms with van der Waals surface area (Å²) in [7, 11) is 1.80. The summed E-state index contributed by atoms with van der Waals surface area (Å²) in [5, 5.41) is 3.61. The third-order valence-electron chi connectivity index (χ3n) is 4.21. The van der Waals surface area contributed by atoms with Gasteiger partial charge in [-0.25, -0.2) is 0 Å². The van der Waals surface area contributed by atoms with Gasteiger partial charge in [0.05, 0.1) is 6.10 Å². The normalized spacial score (nSPS) is 17.2. The van der Waals surface area contributed by atoms with Gasteiger partial charge in [0.25, 0.3) is 0 Å². The van der Waals surface area contributed by atoms with Gasteiger partial charge in [-0.3, -0.25) is 0 Å². The van der Waals surface area contributed by atoms with Gasteiger partial charge < -0.3 is 10.1 Å². The second kappa shape index (κ2) is 7.06. The summed E-state index contributed by atoms with van der Waals surface area (Å²) in [5.74, 6) is 0. The van der Waals surface area contributed by atoms with Gasteiger partial charge in [-0.05, 0) is 62.3 Å². The number of fused-ring (bicyclic) bond motifs is 1. The highest BCUT2D eigenvalue weighted by Crippen LogP contribution is 2.23. The van der Waals surface area contributed by atoms with Crippen molar-refractivity contribution in [3.05, 3.63) is 34.9 Å². The lowest BCUT2D eigenvalue weighted by Crippen LogP contribution is -2.41. The molecule has 0 amide bonds. The van der Waals surface area contributed by atoms with Gasteiger partial charge in [-0.2, -0.15) is 0 Å². The molecular weight excluding hydrogens is 234 g/mol. The average molecular weight is 261 g/mol. The van der Waals surface area contributed by atoms with Crippen molar-refractivity contribution >= 4 is 0 Å². The number of aryl methyl sites for hydroxylation is 2. The van der Waals surface area contributed by atoms with Gasteiger partial charge in [-0.15, -0.1) is 0 Å². The standard InChI is InChI=1S/C17H27NO/c1-4-10-18-17(13(2)19-3)12-14-8-9-15-6-5-7-16(15)11-14/h8-9,11,13,17-18H,4-7,10,12H2,1-3H3. The predicted molar refractivity (Wildman–Crippen MR) is 80.7 cm³/mol. The van der Waals surface area contributed by atoms with E-state index in [1.165, 1.54) is 24.8 Å². The summed E-state index contributed by atoms with van der Waals surface area (Å²) in [6.45, 7) is 5.42. The van der Waals surface area contributed by atoms with Gasteiger partial charge in [0.2, 0.25) is 0 Å². The van der Waals surface area contributed by atoms with Crippen LogP contribution < -0.4 is 5.32 Å². The van der Waals surface area contributed by atoms with E-state index in [0.717, 1.165) is 19.4 Å². The van der Waals surface area contributed by atoms with E-state index < -0.39 is 0 Å². The fourth-order valence-corrected chi connectivity index (χ4v) is 2.90. The molecule has 2 nitrogen and oxygen atoms in total. The van der Waals surface area contributed by atoms with Crippen LogP contribution in [0.25, 0.3) is 0 Å². The highest BCUT2D eigenvalue weighted by Gasteiger charge is 2.18. The summed E-state index contributed by atoms with van der Waals surface area (Å²) >= 11 is 0. The monoisotopic (exact) mass is 261 g/mol. The molecule has 1 aliphatic carbocycles. The second-order valence-electron chi connectivity index (χ2n) is 5.66. The van der Waals surface area contributed by atoms with Crippen LogP contribution in [0, 0.1) is 0 Å². The van der Waals surface area contributed by atoms with Crippen LogP contribution >= 0.6 is 0 Å². The zero-order valence-electron chi connectivity index (χ0n) is 12.5. The van der Waals surface area contributed by atoms with E-state index in [-0.39, 0.29) is 6.10 Å². The van der Waals surface area contributed by atoms with Crippen LogP contribution in [0.1, 0.15) is 43.4 Å². The quantitative estimate of drug-likeness (QED) is 0.814. The Morgan fingerprint density at radius 1 is 1.26 bits per heavy atom. The molecule has 1 aliphatic rings. The van der Waals surface area contributed by atoms with Crippen LogP contribution in [0.3, 0.4) is 0 Å². The number of hydrogen-bond donors (Lipinski definition) is 1. The Morgan fingerprint density at radius 3 is 2.79 bits per heavy atom. The minimum absolute atomic E-state index is 0.250. The molecule has 0 heterocycles. The molecule has 0 radical (unpaired) electrons. The maximum absolute atomic E-state index is 5.51. The predicted octanol–water partition coefficient (Wildman–Crippen LogP) is 3.12. The van der Waals surface area contributed by atoms with Crippen LogP contribution in [0.15, 0.2) is 18.2 Å². The van der Waals surface area contributed by atoms with Crippen LogP contribution in [0.2, 0.25) is 0 Å². The van der Waals surface area contributed by atoms with Gasteiger partial charge in [0.15, 0.2) is 0 Å². The molecule has 2 rings (SSSR count). The topological polar surface area (TPSA) is 21.3 Å². The third-order valence-corrected chi connectivity index (χ3v) is 4.21. The smallest absolute Gasteiger partial charge is 0.0699 e. The highest BCUT2D eigenvalue weighted by atomic mass is 16.5. The third kappa shape index (κ3) is 3.80. The fourth-order valence-electron chi connectivity index (χ4n) is 2.90. The molecule has 1 aromatic carbocycles. The molecular formula is C17H27NO. The van der Waals surface area contributed by atoms with Crippen LogP contribution in [0.5, 0.6) is 0 Å². The zero-order valence-corrected chi connectivity index (χ0v) is 12.5. The molecule has 0 aliphatic heterocycles. The number of nitrogens with one attached hydrogen (secondary N) is 1. The Morgan fingerprint density at radius 2 is 2.05 bits per heavy atom. The van der Waals surface area contributed by atoms with E-state index in [9.17, 15) is 0 Å². The molecule has 2 atom stereocenters. The molecule has 1 aromatic rings. The number of rotatable bonds is 7. The number of ether oxygens (including phenoxy) is 1. The molecule has 19 heavy (non-hydrogen) atoms.